The van der Waals surface area contributed by atoms with Crippen molar-refractivity contribution >= 4 is 62.3 Å². The molecule has 4 rings (SSSR count). The number of halogens is 3. The van der Waals surface area contributed by atoms with Crippen LogP contribution in [0.25, 0.3) is 0 Å². The largest absolute Gasteiger partial charge is 0.495 e. The number of hydrogen-bond acceptors (Lipinski definition) is 5. The summed E-state index contributed by atoms with van der Waals surface area (Å²) in [6.45, 7) is 1.66. The predicted molar refractivity (Wildman–Crippen MR) is 188 cm³/mol. The van der Waals surface area contributed by atoms with E-state index < -0.39 is 28.5 Å². The Kier molecular flexibility index (Phi) is 13.0. The lowest BCUT2D eigenvalue weighted by Crippen LogP contribution is -2.53. The van der Waals surface area contributed by atoms with Crippen molar-refractivity contribution in [3.05, 3.63) is 123 Å². The van der Waals surface area contributed by atoms with Gasteiger partial charge >= 0.3 is 0 Å². The highest BCUT2D eigenvalue weighted by atomic mass is 35.5. The molecule has 1 N–H and O–H groups in total. The molecule has 0 saturated carbocycles. The van der Waals surface area contributed by atoms with E-state index >= 15 is 0 Å². The Labute approximate surface area is 291 Å². The van der Waals surface area contributed by atoms with Gasteiger partial charge < -0.3 is 15.0 Å². The van der Waals surface area contributed by atoms with E-state index in [4.69, 9.17) is 39.5 Å². The van der Waals surface area contributed by atoms with E-state index in [9.17, 15) is 18.0 Å². The maximum atomic E-state index is 14.6. The number of nitrogens with one attached hydrogen (secondary N) is 1. The molecule has 12 heteroatoms. The number of nitrogens with zero attached hydrogens (tertiary/aromatic N) is 2. The first-order valence-electron chi connectivity index (χ1n) is 15.0. The molecule has 1 unspecified atom stereocenters. The number of unbranched alkanes of at least 4 members (excludes halogenated alkanes) is 1. The topological polar surface area (TPSA) is 96.0 Å². The first kappa shape index (κ1) is 36.1. The van der Waals surface area contributed by atoms with Crippen LogP contribution in [0.1, 0.15) is 30.9 Å². The summed E-state index contributed by atoms with van der Waals surface area (Å²) in [7, 11) is -2.94. The fourth-order valence-electron chi connectivity index (χ4n) is 4.98. The van der Waals surface area contributed by atoms with Gasteiger partial charge in [0.25, 0.3) is 10.0 Å². The van der Waals surface area contributed by atoms with Crippen LogP contribution < -0.4 is 14.4 Å². The van der Waals surface area contributed by atoms with Crippen molar-refractivity contribution in [3.8, 4) is 5.75 Å². The van der Waals surface area contributed by atoms with Crippen LogP contribution in [-0.2, 0) is 32.6 Å². The van der Waals surface area contributed by atoms with Crippen LogP contribution in [-0.4, -0.2) is 51.4 Å². The summed E-state index contributed by atoms with van der Waals surface area (Å²) in [5.41, 5.74) is 1.41. The number of benzene rings is 4. The van der Waals surface area contributed by atoms with Crippen molar-refractivity contribution in [3.63, 3.8) is 0 Å². The number of ether oxygens (including phenoxy) is 1. The van der Waals surface area contributed by atoms with Gasteiger partial charge in [0.15, 0.2) is 0 Å². The zero-order valence-electron chi connectivity index (χ0n) is 26.0. The molecule has 4 aromatic carbocycles. The fourth-order valence-corrected chi connectivity index (χ4v) is 7.06. The molecule has 8 nitrogen and oxygen atoms in total. The van der Waals surface area contributed by atoms with Crippen LogP contribution >= 0.6 is 34.8 Å². The summed E-state index contributed by atoms with van der Waals surface area (Å²) in [6.07, 6.45) is 1.78. The average Bonchev–Trinajstić information content (AvgIpc) is 3.06. The smallest absolute Gasteiger partial charge is 0.264 e. The second-order valence-electron chi connectivity index (χ2n) is 10.7. The van der Waals surface area contributed by atoms with Gasteiger partial charge in [0.2, 0.25) is 11.8 Å². The SMILES string of the molecule is CCCCNC(=O)C(Cc1ccccc1)N(Cc1ccc(Cl)cc1Cl)C(=O)CN(c1cc(Cl)ccc1OC)S(=O)(=O)c1ccccc1. The second kappa shape index (κ2) is 16.9. The summed E-state index contributed by atoms with van der Waals surface area (Å²) >= 11 is 19.1. The molecule has 0 radical (unpaired) electrons. The molecule has 0 aliphatic rings. The molecule has 0 spiro atoms. The number of carbonyl (C=O) groups excluding carboxylic acids is 2. The number of carbonyl (C=O) groups is 2. The number of rotatable bonds is 15. The predicted octanol–water partition coefficient (Wildman–Crippen LogP) is 7.41. The van der Waals surface area contributed by atoms with Crippen LogP contribution in [0.3, 0.4) is 0 Å². The van der Waals surface area contributed by atoms with Gasteiger partial charge in [-0.25, -0.2) is 8.42 Å². The zero-order valence-corrected chi connectivity index (χ0v) is 29.1. The normalized spacial score (nSPS) is 11.9. The minimum Gasteiger partial charge on any atom is -0.495 e. The van der Waals surface area contributed by atoms with Gasteiger partial charge in [-0.2, -0.15) is 0 Å². The molecular formula is C35H36Cl3N3O5S. The van der Waals surface area contributed by atoms with Gasteiger partial charge in [-0.15, -0.1) is 0 Å². The molecule has 2 amide bonds. The summed E-state index contributed by atoms with van der Waals surface area (Å²) in [5.74, 6) is -0.838. The summed E-state index contributed by atoms with van der Waals surface area (Å²) in [6, 6.07) is 25.4. The minimum absolute atomic E-state index is 0.0414. The third-order valence-corrected chi connectivity index (χ3v) is 10.1. The van der Waals surface area contributed by atoms with Crippen molar-refractivity contribution < 1.29 is 22.7 Å². The number of sulfonamides is 1. The number of anilines is 1. The molecular weight excluding hydrogens is 681 g/mol. The maximum absolute atomic E-state index is 14.6. The van der Waals surface area contributed by atoms with Crippen LogP contribution in [0.15, 0.2) is 102 Å². The first-order valence-corrected chi connectivity index (χ1v) is 17.6. The highest BCUT2D eigenvalue weighted by molar-refractivity contribution is 7.92. The average molecular weight is 717 g/mol. The Hall–Kier alpha value is -3.76. The molecule has 0 fully saturated rings. The Morgan fingerprint density at radius 3 is 2.15 bits per heavy atom. The molecule has 0 heterocycles. The van der Waals surface area contributed by atoms with E-state index in [1.54, 1.807) is 42.5 Å². The van der Waals surface area contributed by atoms with Gasteiger partial charge in [-0.3, -0.25) is 13.9 Å². The van der Waals surface area contributed by atoms with Gasteiger partial charge in [0, 0.05) is 34.6 Å². The highest BCUT2D eigenvalue weighted by Crippen LogP contribution is 2.35. The lowest BCUT2D eigenvalue weighted by Gasteiger charge is -2.34. The van der Waals surface area contributed by atoms with E-state index in [0.717, 1.165) is 22.7 Å². The lowest BCUT2D eigenvalue weighted by molar-refractivity contribution is -0.140. The molecule has 248 valence electrons. The molecule has 0 bridgehead atoms. The number of hydrogen-bond donors (Lipinski definition) is 1. The van der Waals surface area contributed by atoms with Gasteiger partial charge in [0.1, 0.15) is 18.3 Å². The standard InChI is InChI=1S/C35H36Cl3N3O5S/c1-3-4-19-39-35(43)32(20-25-11-7-5-8-12-25)40(23-26-15-16-27(36)21-30(26)38)34(42)24-41(31-22-28(37)17-18-33(31)46-2)47(44,45)29-13-9-6-10-14-29/h5-18,21-22,32H,3-4,19-20,23-24H2,1-2H3,(H,39,43). The lowest BCUT2D eigenvalue weighted by atomic mass is 10.0. The quantitative estimate of drug-likeness (QED) is 0.129. The van der Waals surface area contributed by atoms with Crippen LogP contribution in [0, 0.1) is 0 Å². The third-order valence-electron chi connectivity index (χ3n) is 7.48. The summed E-state index contributed by atoms with van der Waals surface area (Å²) in [5, 5.41) is 3.90. The van der Waals surface area contributed by atoms with Crippen LogP contribution in [0.2, 0.25) is 15.1 Å². The Morgan fingerprint density at radius 2 is 1.51 bits per heavy atom. The summed E-state index contributed by atoms with van der Waals surface area (Å²) < 4.78 is 34.9. The van der Waals surface area contributed by atoms with Crippen molar-refractivity contribution in [2.75, 3.05) is 24.5 Å². The molecule has 4 aromatic rings. The Balaban J connectivity index is 1.85. The minimum atomic E-state index is -4.34. The molecule has 0 aliphatic heterocycles. The number of methoxy groups -OCH3 is 1. The van der Waals surface area contributed by atoms with Gasteiger partial charge in [-0.05, 0) is 60.0 Å². The fraction of sp³-hybridized carbons (Fsp3) is 0.257. The van der Waals surface area contributed by atoms with E-state index in [0.29, 0.717) is 22.2 Å². The maximum Gasteiger partial charge on any atom is 0.264 e. The van der Waals surface area contributed by atoms with E-state index in [2.05, 4.69) is 5.32 Å². The van der Waals surface area contributed by atoms with Gasteiger partial charge in [0.05, 0.1) is 17.7 Å². The van der Waals surface area contributed by atoms with Crippen LogP contribution in [0.4, 0.5) is 5.69 Å². The zero-order chi connectivity index (χ0) is 34.0. The number of amides is 2. The van der Waals surface area contributed by atoms with Crippen molar-refractivity contribution in [1.82, 2.24) is 10.2 Å². The van der Waals surface area contributed by atoms with E-state index in [-0.39, 0.29) is 40.2 Å². The van der Waals surface area contributed by atoms with Crippen molar-refractivity contribution in [1.29, 1.82) is 0 Å². The Bertz CT molecular complexity index is 1780. The highest BCUT2D eigenvalue weighted by Gasteiger charge is 2.36. The molecule has 47 heavy (non-hydrogen) atoms. The van der Waals surface area contributed by atoms with E-state index in [1.807, 2.05) is 37.3 Å². The van der Waals surface area contributed by atoms with Crippen molar-refractivity contribution in [2.24, 2.45) is 0 Å². The van der Waals surface area contributed by atoms with Crippen molar-refractivity contribution in [2.45, 2.75) is 43.7 Å². The van der Waals surface area contributed by atoms with Crippen LogP contribution in [0.5, 0.6) is 5.75 Å². The molecule has 1 atom stereocenters. The summed E-state index contributed by atoms with van der Waals surface area (Å²) in [4.78, 5) is 29.9. The van der Waals surface area contributed by atoms with Gasteiger partial charge in [-0.1, -0.05) is 103 Å². The Morgan fingerprint density at radius 1 is 0.872 bits per heavy atom. The third kappa shape index (κ3) is 9.41. The van der Waals surface area contributed by atoms with E-state index in [1.165, 1.54) is 36.3 Å². The first-order chi connectivity index (χ1) is 22.5. The second-order valence-corrected chi connectivity index (χ2v) is 13.9. The monoisotopic (exact) mass is 715 g/mol. The molecule has 0 saturated heterocycles. The molecule has 0 aromatic heterocycles. The molecule has 0 aliphatic carbocycles.